The van der Waals surface area contributed by atoms with Crippen molar-refractivity contribution in [1.82, 2.24) is 0 Å². The average Bonchev–Trinajstić information content (AvgIpc) is 2.64. The van der Waals surface area contributed by atoms with Crippen LogP contribution in [0.2, 0.25) is 0 Å². The summed E-state index contributed by atoms with van der Waals surface area (Å²) < 4.78 is 0. The molecule has 110 valence electrons. The number of nitrogens with two attached hydrogens (primary N) is 1. The Hall–Kier alpha value is -1.55. The number of hydrogen-bond donors (Lipinski definition) is 2. The van der Waals surface area contributed by atoms with E-state index in [0.717, 1.165) is 37.1 Å². The van der Waals surface area contributed by atoms with Gasteiger partial charge < -0.3 is 16.0 Å². The average molecular weight is 275 g/mol. The lowest BCUT2D eigenvalue weighted by molar-refractivity contribution is -0.120. The van der Waals surface area contributed by atoms with Gasteiger partial charge >= 0.3 is 0 Å². The summed E-state index contributed by atoms with van der Waals surface area (Å²) in [7, 11) is 4.00. The fourth-order valence-corrected chi connectivity index (χ4v) is 2.74. The van der Waals surface area contributed by atoms with Crippen LogP contribution in [0.25, 0.3) is 0 Å². The minimum atomic E-state index is -0.0500. The molecule has 1 aromatic rings. The summed E-state index contributed by atoms with van der Waals surface area (Å²) >= 11 is 0. The minimum Gasteiger partial charge on any atom is -0.378 e. The van der Waals surface area contributed by atoms with Gasteiger partial charge in [0.25, 0.3) is 0 Å². The van der Waals surface area contributed by atoms with Gasteiger partial charge in [-0.15, -0.1) is 0 Å². The fourth-order valence-electron chi connectivity index (χ4n) is 2.74. The Morgan fingerprint density at radius 3 is 2.45 bits per heavy atom. The number of carbonyl (C=O) groups is 1. The molecule has 2 unspecified atom stereocenters. The number of nitrogens with one attached hydrogen (secondary N) is 1. The van der Waals surface area contributed by atoms with Crippen LogP contribution in [0.3, 0.4) is 0 Å². The zero-order valence-corrected chi connectivity index (χ0v) is 12.4. The first kappa shape index (κ1) is 14.9. The quantitative estimate of drug-likeness (QED) is 0.834. The molecule has 1 saturated carbocycles. The van der Waals surface area contributed by atoms with E-state index in [0.29, 0.717) is 0 Å². The second-order valence-corrected chi connectivity index (χ2v) is 5.84. The second-order valence-electron chi connectivity index (χ2n) is 5.84. The standard InChI is InChI=1S/C16H25N3O/c1-19(2)13-10-8-12(9-11-13)18-16(20)14-6-4-3-5-7-15(14)17/h8-11,14-15H,3-7,17H2,1-2H3,(H,18,20). The van der Waals surface area contributed by atoms with Crippen LogP contribution in [0, 0.1) is 5.92 Å². The molecule has 20 heavy (non-hydrogen) atoms. The van der Waals surface area contributed by atoms with Crippen LogP contribution < -0.4 is 16.0 Å². The molecule has 4 nitrogen and oxygen atoms in total. The summed E-state index contributed by atoms with van der Waals surface area (Å²) in [5.41, 5.74) is 8.09. The van der Waals surface area contributed by atoms with Gasteiger partial charge in [0.15, 0.2) is 0 Å². The molecule has 1 fully saturated rings. The minimum absolute atomic E-state index is 0.00134. The van der Waals surface area contributed by atoms with E-state index in [9.17, 15) is 4.79 Å². The summed E-state index contributed by atoms with van der Waals surface area (Å²) in [6.45, 7) is 0. The largest absolute Gasteiger partial charge is 0.378 e. The lowest BCUT2D eigenvalue weighted by atomic mass is 9.94. The first-order valence-corrected chi connectivity index (χ1v) is 7.42. The molecule has 3 N–H and O–H groups in total. The number of hydrogen-bond acceptors (Lipinski definition) is 3. The summed E-state index contributed by atoms with van der Waals surface area (Å²) in [4.78, 5) is 14.4. The number of carbonyl (C=O) groups excluding carboxylic acids is 1. The molecule has 0 heterocycles. The normalized spacial score (nSPS) is 22.9. The summed E-state index contributed by atoms with van der Waals surface area (Å²) in [6.07, 6.45) is 5.29. The van der Waals surface area contributed by atoms with Gasteiger partial charge in [-0.05, 0) is 37.1 Å². The SMILES string of the molecule is CN(C)c1ccc(NC(=O)C2CCCCCC2N)cc1. The van der Waals surface area contributed by atoms with Crippen molar-refractivity contribution in [1.29, 1.82) is 0 Å². The second kappa shape index (κ2) is 6.75. The van der Waals surface area contributed by atoms with Crippen molar-refractivity contribution in [2.75, 3.05) is 24.3 Å². The van der Waals surface area contributed by atoms with Crippen LogP contribution in [-0.2, 0) is 4.79 Å². The number of benzene rings is 1. The number of nitrogens with zero attached hydrogens (tertiary/aromatic N) is 1. The van der Waals surface area contributed by atoms with Crippen LogP contribution in [0.1, 0.15) is 32.1 Å². The van der Waals surface area contributed by atoms with Crippen molar-refractivity contribution in [3.63, 3.8) is 0 Å². The highest BCUT2D eigenvalue weighted by Gasteiger charge is 2.26. The van der Waals surface area contributed by atoms with E-state index in [4.69, 9.17) is 5.73 Å². The molecule has 1 amide bonds. The third-order valence-electron chi connectivity index (χ3n) is 4.06. The van der Waals surface area contributed by atoms with E-state index in [1.807, 2.05) is 43.3 Å². The maximum atomic E-state index is 12.3. The van der Waals surface area contributed by atoms with E-state index in [-0.39, 0.29) is 17.9 Å². The summed E-state index contributed by atoms with van der Waals surface area (Å²) in [5, 5.41) is 3.00. The number of anilines is 2. The molecule has 0 aromatic heterocycles. The van der Waals surface area contributed by atoms with Gasteiger partial charge in [0, 0.05) is 31.5 Å². The van der Waals surface area contributed by atoms with Crippen LogP contribution in [-0.4, -0.2) is 26.0 Å². The molecule has 1 aromatic carbocycles. The molecule has 2 rings (SSSR count). The third-order valence-corrected chi connectivity index (χ3v) is 4.06. The van der Waals surface area contributed by atoms with Gasteiger partial charge in [0.2, 0.25) is 5.91 Å². The smallest absolute Gasteiger partial charge is 0.229 e. The van der Waals surface area contributed by atoms with Gasteiger partial charge in [-0.25, -0.2) is 0 Å². The Bertz CT molecular complexity index is 442. The molecular formula is C16H25N3O. The fraction of sp³-hybridized carbons (Fsp3) is 0.562. The zero-order chi connectivity index (χ0) is 14.5. The molecule has 0 radical (unpaired) electrons. The Kier molecular flexibility index (Phi) is 5.01. The lowest BCUT2D eigenvalue weighted by Crippen LogP contribution is -2.37. The monoisotopic (exact) mass is 275 g/mol. The Labute approximate surface area is 121 Å². The van der Waals surface area contributed by atoms with Crippen LogP contribution >= 0.6 is 0 Å². The van der Waals surface area contributed by atoms with E-state index < -0.39 is 0 Å². The molecule has 0 aliphatic heterocycles. The van der Waals surface area contributed by atoms with Crippen molar-refractivity contribution in [2.24, 2.45) is 11.7 Å². The predicted molar refractivity (Wildman–Crippen MR) is 83.9 cm³/mol. The summed E-state index contributed by atoms with van der Waals surface area (Å²) in [6, 6.07) is 7.88. The molecule has 0 spiro atoms. The predicted octanol–water partition coefficient (Wildman–Crippen LogP) is 2.60. The highest BCUT2D eigenvalue weighted by molar-refractivity contribution is 5.93. The molecule has 2 atom stereocenters. The molecule has 0 saturated heterocycles. The molecular weight excluding hydrogens is 250 g/mol. The van der Waals surface area contributed by atoms with E-state index in [1.54, 1.807) is 0 Å². The Morgan fingerprint density at radius 2 is 1.80 bits per heavy atom. The zero-order valence-electron chi connectivity index (χ0n) is 12.4. The maximum absolute atomic E-state index is 12.3. The molecule has 4 heteroatoms. The number of rotatable bonds is 3. The first-order chi connectivity index (χ1) is 9.58. The summed E-state index contributed by atoms with van der Waals surface area (Å²) in [5.74, 6) is 0.0167. The van der Waals surface area contributed by atoms with Crippen LogP contribution in [0.4, 0.5) is 11.4 Å². The van der Waals surface area contributed by atoms with Crippen molar-refractivity contribution in [3.8, 4) is 0 Å². The van der Waals surface area contributed by atoms with Crippen molar-refractivity contribution in [3.05, 3.63) is 24.3 Å². The highest BCUT2D eigenvalue weighted by Crippen LogP contribution is 2.24. The van der Waals surface area contributed by atoms with Gasteiger partial charge in [-0.2, -0.15) is 0 Å². The van der Waals surface area contributed by atoms with Crippen molar-refractivity contribution >= 4 is 17.3 Å². The topological polar surface area (TPSA) is 58.4 Å². The van der Waals surface area contributed by atoms with Gasteiger partial charge in [0.05, 0.1) is 5.92 Å². The van der Waals surface area contributed by atoms with Gasteiger partial charge in [-0.1, -0.05) is 19.3 Å². The van der Waals surface area contributed by atoms with Crippen LogP contribution in [0.15, 0.2) is 24.3 Å². The van der Waals surface area contributed by atoms with Crippen LogP contribution in [0.5, 0.6) is 0 Å². The Balaban J connectivity index is 1.99. The maximum Gasteiger partial charge on any atom is 0.229 e. The van der Waals surface area contributed by atoms with Gasteiger partial charge in [0.1, 0.15) is 0 Å². The Morgan fingerprint density at radius 1 is 1.15 bits per heavy atom. The van der Waals surface area contributed by atoms with E-state index in [2.05, 4.69) is 5.32 Å². The number of amides is 1. The third kappa shape index (κ3) is 3.73. The molecule has 1 aliphatic rings. The molecule has 1 aliphatic carbocycles. The lowest BCUT2D eigenvalue weighted by Gasteiger charge is -2.21. The highest BCUT2D eigenvalue weighted by atomic mass is 16.1. The van der Waals surface area contributed by atoms with E-state index in [1.165, 1.54) is 6.42 Å². The molecule has 0 bridgehead atoms. The van der Waals surface area contributed by atoms with Crippen molar-refractivity contribution < 1.29 is 4.79 Å². The van der Waals surface area contributed by atoms with Crippen molar-refractivity contribution in [2.45, 2.75) is 38.1 Å². The first-order valence-electron chi connectivity index (χ1n) is 7.42. The van der Waals surface area contributed by atoms with E-state index >= 15 is 0 Å². The van der Waals surface area contributed by atoms with Gasteiger partial charge in [-0.3, -0.25) is 4.79 Å².